The number of sulfonamides is 1. The zero-order valence-corrected chi connectivity index (χ0v) is 10.4. The van der Waals surface area contributed by atoms with Crippen LogP contribution in [0.2, 0.25) is 0 Å². The van der Waals surface area contributed by atoms with E-state index in [9.17, 15) is 13.2 Å². The summed E-state index contributed by atoms with van der Waals surface area (Å²) in [5.41, 5.74) is 0.526. The van der Waals surface area contributed by atoms with E-state index in [1.54, 1.807) is 0 Å². The van der Waals surface area contributed by atoms with Crippen molar-refractivity contribution in [1.29, 1.82) is 0 Å². The first-order chi connectivity index (χ1) is 8.99. The average molecular weight is 282 g/mol. The number of pyridine rings is 1. The summed E-state index contributed by atoms with van der Waals surface area (Å²) >= 11 is 0. The lowest BCUT2D eigenvalue weighted by Crippen LogP contribution is -2.24. The number of hydrogen-bond donors (Lipinski definition) is 3. The van der Waals surface area contributed by atoms with Crippen molar-refractivity contribution in [3.8, 4) is 0 Å². The lowest BCUT2D eigenvalue weighted by atomic mass is 10.3. The van der Waals surface area contributed by atoms with Gasteiger partial charge in [-0.2, -0.15) is 0 Å². The van der Waals surface area contributed by atoms with E-state index in [1.807, 2.05) is 0 Å². The van der Waals surface area contributed by atoms with Gasteiger partial charge in [-0.25, -0.2) is 27.9 Å². The van der Waals surface area contributed by atoms with Crippen LogP contribution in [0.4, 0.5) is 0 Å². The van der Waals surface area contributed by atoms with E-state index in [-0.39, 0.29) is 17.1 Å². The summed E-state index contributed by atoms with van der Waals surface area (Å²) in [5, 5.41) is 8.45. The summed E-state index contributed by atoms with van der Waals surface area (Å²) < 4.78 is 26.0. The molecule has 0 saturated heterocycles. The standard InChI is InChI=1S/C10H10N4O4S/c15-10(16)7-1-2-9(12-3-7)19(17,18)14-5-8-4-11-6-13-8/h1-4,6,14H,5H2,(H,11,13)(H,15,16). The number of aromatic nitrogens is 3. The molecule has 9 heteroatoms. The van der Waals surface area contributed by atoms with Gasteiger partial charge in [-0.15, -0.1) is 0 Å². The summed E-state index contributed by atoms with van der Waals surface area (Å²) in [6.07, 6.45) is 3.92. The number of nitrogens with zero attached hydrogens (tertiary/aromatic N) is 2. The van der Waals surface area contributed by atoms with E-state index in [4.69, 9.17) is 5.11 Å². The zero-order chi connectivity index (χ0) is 13.9. The van der Waals surface area contributed by atoms with Crippen LogP contribution in [0.25, 0.3) is 0 Å². The molecule has 0 radical (unpaired) electrons. The molecule has 2 heterocycles. The third-order valence-electron chi connectivity index (χ3n) is 2.27. The third-order valence-corrected chi connectivity index (χ3v) is 3.58. The Bertz CT molecular complexity index is 664. The third kappa shape index (κ3) is 3.14. The number of hydrogen-bond acceptors (Lipinski definition) is 5. The molecule has 2 aromatic heterocycles. The molecule has 0 atom stereocenters. The number of H-pyrrole nitrogens is 1. The highest BCUT2D eigenvalue weighted by Gasteiger charge is 2.16. The Morgan fingerprint density at radius 3 is 2.68 bits per heavy atom. The van der Waals surface area contributed by atoms with Crippen molar-refractivity contribution >= 4 is 16.0 Å². The molecule has 0 aliphatic heterocycles. The minimum Gasteiger partial charge on any atom is -0.478 e. The number of aromatic carboxylic acids is 1. The molecule has 19 heavy (non-hydrogen) atoms. The molecule has 0 aliphatic rings. The molecule has 0 amide bonds. The smallest absolute Gasteiger partial charge is 0.337 e. The van der Waals surface area contributed by atoms with E-state index in [1.165, 1.54) is 18.6 Å². The number of rotatable bonds is 5. The second kappa shape index (κ2) is 5.16. The molecular weight excluding hydrogens is 272 g/mol. The van der Waals surface area contributed by atoms with E-state index >= 15 is 0 Å². The predicted octanol–water partition coefficient (Wildman–Crippen LogP) is -0.0186. The van der Waals surface area contributed by atoms with Crippen LogP contribution in [0.5, 0.6) is 0 Å². The van der Waals surface area contributed by atoms with E-state index in [0.717, 1.165) is 12.3 Å². The maximum absolute atomic E-state index is 11.9. The lowest BCUT2D eigenvalue weighted by Gasteiger charge is -2.04. The fourth-order valence-corrected chi connectivity index (χ4v) is 2.23. The SMILES string of the molecule is O=C(O)c1ccc(S(=O)(=O)NCc2cnc[nH]2)nc1. The fourth-order valence-electron chi connectivity index (χ4n) is 1.29. The monoisotopic (exact) mass is 282 g/mol. The topological polar surface area (TPSA) is 125 Å². The van der Waals surface area contributed by atoms with Gasteiger partial charge in [-0.05, 0) is 12.1 Å². The Balaban J connectivity index is 2.13. The van der Waals surface area contributed by atoms with E-state index in [0.29, 0.717) is 5.69 Å². The van der Waals surface area contributed by atoms with E-state index in [2.05, 4.69) is 19.7 Å². The number of carboxylic acids is 1. The van der Waals surface area contributed by atoms with Crippen molar-refractivity contribution in [3.63, 3.8) is 0 Å². The average Bonchev–Trinajstić information content (AvgIpc) is 2.90. The molecule has 2 rings (SSSR count). The zero-order valence-electron chi connectivity index (χ0n) is 9.57. The molecule has 0 unspecified atom stereocenters. The summed E-state index contributed by atoms with van der Waals surface area (Å²) in [7, 11) is -3.78. The Morgan fingerprint density at radius 2 is 2.16 bits per heavy atom. The van der Waals surface area contributed by atoms with Crippen LogP contribution in [0, 0.1) is 0 Å². The van der Waals surface area contributed by atoms with Gasteiger partial charge in [-0.1, -0.05) is 0 Å². The van der Waals surface area contributed by atoms with Gasteiger partial charge in [0.2, 0.25) is 0 Å². The molecule has 0 saturated carbocycles. The molecule has 3 N–H and O–H groups in total. The number of carboxylic acid groups (broad SMARTS) is 1. The molecule has 8 nitrogen and oxygen atoms in total. The van der Waals surface area contributed by atoms with Crippen LogP contribution in [-0.2, 0) is 16.6 Å². The highest BCUT2D eigenvalue weighted by molar-refractivity contribution is 7.89. The Labute approximate surface area is 108 Å². The number of carbonyl (C=O) groups is 1. The largest absolute Gasteiger partial charge is 0.478 e. The van der Waals surface area contributed by atoms with Crippen LogP contribution in [-0.4, -0.2) is 34.4 Å². The van der Waals surface area contributed by atoms with E-state index < -0.39 is 16.0 Å². The van der Waals surface area contributed by atoms with Crippen molar-refractivity contribution < 1.29 is 18.3 Å². The van der Waals surface area contributed by atoms with Crippen LogP contribution in [0.15, 0.2) is 35.9 Å². The lowest BCUT2D eigenvalue weighted by molar-refractivity contribution is 0.0696. The maximum Gasteiger partial charge on any atom is 0.337 e. The Hall–Kier alpha value is -2.26. The maximum atomic E-state index is 11.9. The highest BCUT2D eigenvalue weighted by Crippen LogP contribution is 2.07. The normalized spacial score (nSPS) is 11.4. The summed E-state index contributed by atoms with van der Waals surface area (Å²) in [6, 6.07) is 2.32. The first-order valence-corrected chi connectivity index (χ1v) is 6.63. The number of nitrogens with one attached hydrogen (secondary N) is 2. The highest BCUT2D eigenvalue weighted by atomic mass is 32.2. The predicted molar refractivity (Wildman–Crippen MR) is 63.8 cm³/mol. The van der Waals surface area contributed by atoms with Crippen molar-refractivity contribution in [1.82, 2.24) is 19.7 Å². The van der Waals surface area contributed by atoms with Crippen molar-refractivity contribution in [2.24, 2.45) is 0 Å². The second-order valence-corrected chi connectivity index (χ2v) is 5.31. The summed E-state index contributed by atoms with van der Waals surface area (Å²) in [6.45, 7) is 0.0463. The second-order valence-electron chi connectivity index (χ2n) is 3.59. The first-order valence-electron chi connectivity index (χ1n) is 5.15. The van der Waals surface area contributed by atoms with Gasteiger partial charge < -0.3 is 10.1 Å². The molecule has 2 aromatic rings. The summed E-state index contributed by atoms with van der Waals surface area (Å²) in [5.74, 6) is -1.16. The van der Waals surface area contributed by atoms with Gasteiger partial charge in [0, 0.05) is 18.1 Å². The molecule has 0 fully saturated rings. The van der Waals surface area contributed by atoms with Crippen LogP contribution in [0.1, 0.15) is 16.1 Å². The van der Waals surface area contributed by atoms with Gasteiger partial charge in [0.1, 0.15) is 0 Å². The molecule has 100 valence electrons. The van der Waals surface area contributed by atoms with Crippen LogP contribution >= 0.6 is 0 Å². The molecule has 0 bridgehead atoms. The molecule has 0 aliphatic carbocycles. The number of aromatic amines is 1. The van der Waals surface area contributed by atoms with Gasteiger partial charge in [0.05, 0.1) is 18.4 Å². The molecular formula is C10H10N4O4S. The van der Waals surface area contributed by atoms with Crippen LogP contribution in [0.3, 0.4) is 0 Å². The Kier molecular flexibility index (Phi) is 3.58. The van der Waals surface area contributed by atoms with Crippen molar-refractivity contribution in [2.45, 2.75) is 11.6 Å². The minimum absolute atomic E-state index is 0.0463. The quantitative estimate of drug-likeness (QED) is 0.707. The minimum atomic E-state index is -3.78. The van der Waals surface area contributed by atoms with Gasteiger partial charge >= 0.3 is 5.97 Å². The van der Waals surface area contributed by atoms with Gasteiger partial charge in [0.15, 0.2) is 5.03 Å². The van der Waals surface area contributed by atoms with Gasteiger partial charge in [0.25, 0.3) is 10.0 Å². The van der Waals surface area contributed by atoms with Crippen LogP contribution < -0.4 is 4.72 Å². The Morgan fingerprint density at radius 1 is 1.37 bits per heavy atom. The molecule has 0 aromatic carbocycles. The van der Waals surface area contributed by atoms with Crippen molar-refractivity contribution in [2.75, 3.05) is 0 Å². The first kappa shape index (κ1) is 13.2. The summed E-state index contributed by atoms with van der Waals surface area (Å²) in [4.78, 5) is 20.7. The number of imidazole rings is 1. The molecule has 0 spiro atoms. The van der Waals surface area contributed by atoms with Crippen molar-refractivity contribution in [3.05, 3.63) is 42.1 Å². The van der Waals surface area contributed by atoms with Gasteiger partial charge in [-0.3, -0.25) is 0 Å². The fraction of sp³-hybridized carbons (Fsp3) is 0.100.